The highest BCUT2D eigenvalue weighted by Gasteiger charge is 2.19. The number of benzene rings is 2. The summed E-state index contributed by atoms with van der Waals surface area (Å²) in [4.78, 5) is 12.2. The van der Waals surface area contributed by atoms with E-state index in [0.717, 1.165) is 17.7 Å². The van der Waals surface area contributed by atoms with Crippen LogP contribution in [0.15, 0.2) is 48.5 Å². The zero-order valence-corrected chi connectivity index (χ0v) is 16.4. The largest absolute Gasteiger partial charge is 0.497 e. The van der Waals surface area contributed by atoms with Gasteiger partial charge in [0.15, 0.2) is 0 Å². The number of carbonyl (C=O) groups is 1. The molecule has 0 unspecified atom stereocenters. The van der Waals surface area contributed by atoms with Gasteiger partial charge in [0.05, 0.1) is 26.5 Å². The molecule has 0 aliphatic carbocycles. The van der Waals surface area contributed by atoms with Crippen molar-refractivity contribution in [2.75, 3.05) is 12.8 Å². The summed E-state index contributed by atoms with van der Waals surface area (Å²) < 4.78 is 16.6. The van der Waals surface area contributed by atoms with E-state index in [1.807, 2.05) is 19.1 Å². The Balaban J connectivity index is 1.93. The molecule has 0 saturated heterocycles. The highest BCUT2D eigenvalue weighted by molar-refractivity contribution is 6.77. The lowest BCUT2D eigenvalue weighted by molar-refractivity contribution is 0.0734. The van der Waals surface area contributed by atoms with Gasteiger partial charge in [0.2, 0.25) is 0 Å². The monoisotopic (exact) mass is 358 g/mol. The highest BCUT2D eigenvalue weighted by Crippen LogP contribution is 2.20. The Labute approximate surface area is 150 Å². The summed E-state index contributed by atoms with van der Waals surface area (Å²) >= 11 is 0. The average molecular weight is 359 g/mol. The van der Waals surface area contributed by atoms with E-state index in [2.05, 4.69) is 20.0 Å². The quantitative estimate of drug-likeness (QED) is 0.380. The first-order valence-electron chi connectivity index (χ1n) is 8.61. The van der Waals surface area contributed by atoms with Gasteiger partial charge in [0, 0.05) is 0 Å². The molecular weight excluding hydrogens is 332 g/mol. The van der Waals surface area contributed by atoms with Gasteiger partial charge < -0.3 is 14.2 Å². The van der Waals surface area contributed by atoms with E-state index in [1.54, 1.807) is 36.4 Å². The second kappa shape index (κ2) is 8.71. The number of esters is 1. The zero-order valence-electron chi connectivity index (χ0n) is 15.4. The van der Waals surface area contributed by atoms with Crippen LogP contribution in [0.1, 0.15) is 24.2 Å². The molecular formula is C20H26O4Si. The standard InChI is InChI=1S/C20H26O4Si/c1-5-22-17-11-13-19(14-12-17)24-20(21)16-7-9-18(10-8-16)23-15-25(3,4)6-2/h7-14H,5-6,15H2,1-4H3. The summed E-state index contributed by atoms with van der Waals surface area (Å²) in [5, 5.41) is 0. The Kier molecular flexibility index (Phi) is 6.64. The van der Waals surface area contributed by atoms with E-state index >= 15 is 0 Å². The molecule has 2 aromatic rings. The van der Waals surface area contributed by atoms with Crippen molar-refractivity contribution in [2.24, 2.45) is 0 Å². The van der Waals surface area contributed by atoms with Gasteiger partial charge in [-0.1, -0.05) is 26.1 Å². The van der Waals surface area contributed by atoms with Gasteiger partial charge in [-0.3, -0.25) is 0 Å². The summed E-state index contributed by atoms with van der Waals surface area (Å²) in [5.74, 6) is 1.64. The Hall–Kier alpha value is -2.27. The van der Waals surface area contributed by atoms with Crippen LogP contribution in [0, 0.1) is 0 Å². The molecule has 0 N–H and O–H groups in total. The molecule has 0 radical (unpaired) electrons. The minimum absolute atomic E-state index is 0.390. The van der Waals surface area contributed by atoms with Crippen LogP contribution in [0.3, 0.4) is 0 Å². The van der Waals surface area contributed by atoms with Crippen LogP contribution >= 0.6 is 0 Å². The summed E-state index contributed by atoms with van der Waals surface area (Å²) in [6.07, 6.45) is 0.777. The number of hydrogen-bond donors (Lipinski definition) is 0. The van der Waals surface area contributed by atoms with Gasteiger partial charge in [-0.2, -0.15) is 0 Å². The molecule has 0 bridgehead atoms. The van der Waals surface area contributed by atoms with Crippen molar-refractivity contribution in [2.45, 2.75) is 33.0 Å². The average Bonchev–Trinajstić information content (AvgIpc) is 2.62. The molecule has 0 aromatic heterocycles. The van der Waals surface area contributed by atoms with Gasteiger partial charge in [-0.15, -0.1) is 0 Å². The van der Waals surface area contributed by atoms with Crippen molar-refractivity contribution in [1.82, 2.24) is 0 Å². The van der Waals surface area contributed by atoms with Crippen LogP contribution in [-0.2, 0) is 0 Å². The fourth-order valence-corrected chi connectivity index (χ4v) is 2.77. The molecule has 0 spiro atoms. The first kappa shape index (κ1) is 19.1. The predicted octanol–water partition coefficient (Wildman–Crippen LogP) is 4.95. The summed E-state index contributed by atoms with van der Waals surface area (Å²) in [6, 6.07) is 15.3. The maximum Gasteiger partial charge on any atom is 0.343 e. The van der Waals surface area contributed by atoms with Crippen molar-refractivity contribution in [1.29, 1.82) is 0 Å². The molecule has 134 valence electrons. The van der Waals surface area contributed by atoms with Gasteiger partial charge >= 0.3 is 5.97 Å². The Morgan fingerprint density at radius 3 is 1.92 bits per heavy atom. The topological polar surface area (TPSA) is 44.8 Å². The van der Waals surface area contributed by atoms with E-state index in [-0.39, 0.29) is 5.97 Å². The summed E-state index contributed by atoms with van der Waals surface area (Å²) in [5.41, 5.74) is 0.494. The molecule has 25 heavy (non-hydrogen) atoms. The highest BCUT2D eigenvalue weighted by atomic mass is 28.3. The van der Waals surface area contributed by atoms with Crippen LogP contribution in [0.4, 0.5) is 0 Å². The van der Waals surface area contributed by atoms with Gasteiger partial charge in [-0.25, -0.2) is 4.79 Å². The lowest BCUT2D eigenvalue weighted by atomic mass is 10.2. The minimum atomic E-state index is -1.28. The van der Waals surface area contributed by atoms with E-state index < -0.39 is 8.07 Å². The second-order valence-electron chi connectivity index (χ2n) is 6.62. The minimum Gasteiger partial charge on any atom is -0.497 e. The molecule has 2 aromatic carbocycles. The maximum atomic E-state index is 12.2. The lowest BCUT2D eigenvalue weighted by Gasteiger charge is -2.20. The smallest absolute Gasteiger partial charge is 0.343 e. The molecule has 0 atom stereocenters. The number of ether oxygens (including phenoxy) is 3. The third-order valence-corrected chi connectivity index (χ3v) is 6.86. The molecule has 0 saturated carbocycles. The van der Waals surface area contributed by atoms with Crippen LogP contribution in [0.2, 0.25) is 19.1 Å². The van der Waals surface area contributed by atoms with Crippen molar-refractivity contribution >= 4 is 14.0 Å². The summed E-state index contributed by atoms with van der Waals surface area (Å²) in [6.45, 7) is 9.33. The maximum absolute atomic E-state index is 12.2. The van der Waals surface area contributed by atoms with Crippen molar-refractivity contribution < 1.29 is 19.0 Å². The number of rotatable bonds is 8. The first-order valence-corrected chi connectivity index (χ1v) is 12.0. The normalized spacial score (nSPS) is 11.0. The fourth-order valence-electron chi connectivity index (χ4n) is 2.00. The third-order valence-electron chi connectivity index (χ3n) is 4.02. The van der Waals surface area contributed by atoms with E-state index in [1.165, 1.54) is 6.04 Å². The summed E-state index contributed by atoms with van der Waals surface area (Å²) in [7, 11) is -1.28. The third kappa shape index (κ3) is 5.94. The Morgan fingerprint density at radius 1 is 0.840 bits per heavy atom. The van der Waals surface area contributed by atoms with Crippen LogP contribution in [-0.4, -0.2) is 26.9 Å². The molecule has 5 heteroatoms. The molecule has 0 heterocycles. The van der Waals surface area contributed by atoms with Crippen LogP contribution in [0.25, 0.3) is 0 Å². The molecule has 0 fully saturated rings. The first-order chi connectivity index (χ1) is 11.9. The molecule has 0 amide bonds. The van der Waals surface area contributed by atoms with Gasteiger partial charge in [0.25, 0.3) is 0 Å². The van der Waals surface area contributed by atoms with E-state index in [4.69, 9.17) is 14.2 Å². The predicted molar refractivity (Wildman–Crippen MR) is 102 cm³/mol. The second-order valence-corrected chi connectivity index (χ2v) is 11.9. The lowest BCUT2D eigenvalue weighted by Crippen LogP contribution is -2.33. The zero-order chi connectivity index (χ0) is 18.3. The molecule has 4 nitrogen and oxygen atoms in total. The Bertz CT molecular complexity index is 678. The molecule has 2 rings (SSSR count). The Morgan fingerprint density at radius 2 is 1.36 bits per heavy atom. The van der Waals surface area contributed by atoms with E-state index in [9.17, 15) is 4.79 Å². The molecule has 0 aliphatic rings. The number of carbonyl (C=O) groups excluding carboxylic acids is 1. The van der Waals surface area contributed by atoms with Crippen molar-refractivity contribution in [3.63, 3.8) is 0 Å². The fraction of sp³-hybridized carbons (Fsp3) is 0.350. The van der Waals surface area contributed by atoms with Crippen LogP contribution in [0.5, 0.6) is 17.2 Å². The van der Waals surface area contributed by atoms with Gasteiger partial charge in [0.1, 0.15) is 17.2 Å². The number of hydrogen-bond acceptors (Lipinski definition) is 4. The van der Waals surface area contributed by atoms with Crippen molar-refractivity contribution in [3.8, 4) is 17.2 Å². The van der Waals surface area contributed by atoms with Crippen LogP contribution < -0.4 is 14.2 Å². The van der Waals surface area contributed by atoms with E-state index in [0.29, 0.717) is 17.9 Å². The van der Waals surface area contributed by atoms with Crippen molar-refractivity contribution in [3.05, 3.63) is 54.1 Å². The molecule has 0 aliphatic heterocycles. The van der Waals surface area contributed by atoms with Gasteiger partial charge in [-0.05, 0) is 55.5 Å². The SMILES string of the molecule is CCOc1ccc(OC(=O)c2ccc(OC[Si](C)(C)CC)cc2)cc1.